The van der Waals surface area contributed by atoms with Crippen molar-refractivity contribution in [1.82, 2.24) is 4.57 Å². The Morgan fingerprint density at radius 1 is 1.15 bits per heavy atom. The molecule has 0 spiro atoms. The number of alkyl halides is 1. The molecular weight excluding hydrogens is 413 g/mol. The first kappa shape index (κ1) is 21.9. The van der Waals surface area contributed by atoms with Crippen molar-refractivity contribution in [3.8, 4) is 5.75 Å². The number of carbonyl (C=O) groups is 1. The lowest BCUT2D eigenvalue weighted by molar-refractivity contribution is -0.143. The summed E-state index contributed by atoms with van der Waals surface area (Å²) in [5.74, 6) is 0.165. The Morgan fingerprint density at radius 3 is 2.41 bits per heavy atom. The first-order chi connectivity index (χ1) is 12.9. The largest absolute Gasteiger partial charge is 0.491 e. The van der Waals surface area contributed by atoms with E-state index in [4.69, 9.17) is 44.3 Å². The van der Waals surface area contributed by atoms with Crippen LogP contribution in [0.15, 0.2) is 16.9 Å². The van der Waals surface area contributed by atoms with Crippen molar-refractivity contribution in [2.45, 2.75) is 45.5 Å². The van der Waals surface area contributed by atoms with Crippen LogP contribution < -0.4 is 10.3 Å². The number of halogens is 3. The van der Waals surface area contributed by atoms with Crippen LogP contribution in [0.3, 0.4) is 0 Å². The molecule has 0 bridgehead atoms. The Morgan fingerprint density at radius 2 is 1.81 bits per heavy atom. The summed E-state index contributed by atoms with van der Waals surface area (Å²) in [6.45, 7) is 4.69. The zero-order chi connectivity index (χ0) is 20.0. The molecule has 0 N–H and O–H groups in total. The molecular formula is C19H22Cl3NO4. The van der Waals surface area contributed by atoms with E-state index in [0.29, 0.717) is 33.8 Å². The second-order valence-electron chi connectivity index (χ2n) is 5.94. The van der Waals surface area contributed by atoms with Gasteiger partial charge in [-0.2, -0.15) is 0 Å². The minimum Gasteiger partial charge on any atom is -0.491 e. The molecule has 0 aliphatic carbocycles. The maximum absolute atomic E-state index is 13.0. The number of aromatic nitrogens is 1. The van der Waals surface area contributed by atoms with Gasteiger partial charge in [0.2, 0.25) is 0 Å². The number of nitrogens with zero attached hydrogens (tertiary/aromatic N) is 1. The number of hydrogen-bond donors (Lipinski definition) is 0. The molecule has 1 aromatic carbocycles. The second kappa shape index (κ2) is 10.2. The highest BCUT2D eigenvalue weighted by Gasteiger charge is 2.20. The van der Waals surface area contributed by atoms with Gasteiger partial charge in [0, 0.05) is 11.9 Å². The summed E-state index contributed by atoms with van der Waals surface area (Å²) in [5, 5.41) is 1.53. The Labute approximate surface area is 173 Å². The molecule has 0 aliphatic heterocycles. The molecule has 148 valence electrons. The van der Waals surface area contributed by atoms with Gasteiger partial charge in [-0.1, -0.05) is 36.5 Å². The summed E-state index contributed by atoms with van der Waals surface area (Å²) in [6.07, 6.45) is 1.87. The molecule has 27 heavy (non-hydrogen) atoms. The Balaban J connectivity index is 2.62. The van der Waals surface area contributed by atoms with Gasteiger partial charge in [-0.05, 0) is 25.5 Å². The van der Waals surface area contributed by atoms with Crippen LogP contribution >= 0.6 is 34.8 Å². The fraction of sp³-hybridized carbons (Fsp3) is 0.474. The Bertz CT molecular complexity index is 880. The summed E-state index contributed by atoms with van der Waals surface area (Å²) in [7, 11) is 0. The number of carbonyl (C=O) groups excluding carboxylic acids is 1. The van der Waals surface area contributed by atoms with Gasteiger partial charge in [-0.3, -0.25) is 9.59 Å². The molecule has 0 unspecified atom stereocenters. The summed E-state index contributed by atoms with van der Waals surface area (Å²) in [6, 6.07) is 3.14. The summed E-state index contributed by atoms with van der Waals surface area (Å²) >= 11 is 18.4. The van der Waals surface area contributed by atoms with Gasteiger partial charge in [-0.25, -0.2) is 0 Å². The highest BCUT2D eigenvalue weighted by molar-refractivity contribution is 6.42. The van der Waals surface area contributed by atoms with Gasteiger partial charge in [0.1, 0.15) is 5.75 Å². The third kappa shape index (κ3) is 5.09. The highest BCUT2D eigenvalue weighted by atomic mass is 35.5. The first-order valence-corrected chi connectivity index (χ1v) is 10.1. The van der Waals surface area contributed by atoms with Gasteiger partial charge in [0.15, 0.2) is 0 Å². The van der Waals surface area contributed by atoms with Crippen LogP contribution in [0.25, 0.3) is 10.8 Å². The summed E-state index contributed by atoms with van der Waals surface area (Å²) in [5.41, 5.74) is 0.208. The van der Waals surface area contributed by atoms with Crippen molar-refractivity contribution in [2.24, 2.45) is 0 Å². The summed E-state index contributed by atoms with van der Waals surface area (Å²) in [4.78, 5) is 24.8. The van der Waals surface area contributed by atoms with E-state index in [1.807, 2.05) is 0 Å². The van der Waals surface area contributed by atoms with Crippen LogP contribution in [0.4, 0.5) is 0 Å². The van der Waals surface area contributed by atoms with Gasteiger partial charge in [-0.15, -0.1) is 11.6 Å². The van der Waals surface area contributed by atoms with Gasteiger partial charge in [0.05, 0.1) is 46.6 Å². The normalized spacial score (nSPS) is 11.0. The number of hydrogen-bond acceptors (Lipinski definition) is 4. The van der Waals surface area contributed by atoms with Gasteiger partial charge < -0.3 is 14.0 Å². The number of unbranched alkanes of at least 4 members (excludes halogenated alkanes) is 1. The molecule has 2 aromatic rings. The standard InChI is InChI=1S/C19H22Cl3NO4/c1-3-5-8-27-18-12-9-14(21)15(22)10-13(12)19(25)23(16(18)11-20)7-6-17(24)26-4-2/h9-10H,3-8,11H2,1-2H3. The predicted octanol–water partition coefficient (Wildman–Crippen LogP) is 5.18. The maximum Gasteiger partial charge on any atom is 0.307 e. The minimum absolute atomic E-state index is 0.0513. The highest BCUT2D eigenvalue weighted by Crippen LogP contribution is 2.34. The number of rotatable bonds is 9. The molecule has 0 amide bonds. The van der Waals surface area contributed by atoms with E-state index in [0.717, 1.165) is 12.8 Å². The number of esters is 1. The van der Waals surface area contributed by atoms with E-state index >= 15 is 0 Å². The molecule has 0 aliphatic rings. The van der Waals surface area contributed by atoms with Crippen LogP contribution in [0.2, 0.25) is 10.0 Å². The van der Waals surface area contributed by atoms with Crippen molar-refractivity contribution in [1.29, 1.82) is 0 Å². The molecule has 0 atom stereocenters. The van der Waals surface area contributed by atoms with Crippen molar-refractivity contribution in [2.75, 3.05) is 13.2 Å². The van der Waals surface area contributed by atoms with Crippen LogP contribution in [0.1, 0.15) is 38.8 Å². The summed E-state index contributed by atoms with van der Waals surface area (Å²) < 4.78 is 12.4. The van der Waals surface area contributed by atoms with Crippen LogP contribution in [0.5, 0.6) is 5.75 Å². The lowest BCUT2D eigenvalue weighted by Gasteiger charge is -2.19. The quantitative estimate of drug-likeness (QED) is 0.310. The smallest absolute Gasteiger partial charge is 0.307 e. The zero-order valence-electron chi connectivity index (χ0n) is 15.3. The molecule has 1 heterocycles. The fourth-order valence-corrected chi connectivity index (χ4v) is 3.34. The molecule has 0 saturated heterocycles. The van der Waals surface area contributed by atoms with Crippen molar-refractivity contribution in [3.05, 3.63) is 38.2 Å². The topological polar surface area (TPSA) is 57.5 Å². The van der Waals surface area contributed by atoms with E-state index in [-0.39, 0.29) is 42.0 Å². The average molecular weight is 435 g/mol. The number of ether oxygens (including phenoxy) is 2. The first-order valence-electron chi connectivity index (χ1n) is 8.83. The van der Waals surface area contributed by atoms with Crippen molar-refractivity contribution in [3.63, 3.8) is 0 Å². The third-order valence-electron chi connectivity index (χ3n) is 4.08. The lowest BCUT2D eigenvalue weighted by atomic mass is 10.1. The van der Waals surface area contributed by atoms with Crippen molar-refractivity contribution >= 4 is 51.5 Å². The molecule has 1 aromatic heterocycles. The monoisotopic (exact) mass is 433 g/mol. The molecule has 0 fully saturated rings. The van der Waals surface area contributed by atoms with E-state index in [9.17, 15) is 9.59 Å². The third-order valence-corrected chi connectivity index (χ3v) is 5.06. The Hall–Kier alpha value is -1.43. The minimum atomic E-state index is -0.382. The number of fused-ring (bicyclic) bond motifs is 1. The molecule has 0 radical (unpaired) electrons. The average Bonchev–Trinajstić information content (AvgIpc) is 2.64. The fourth-order valence-electron chi connectivity index (χ4n) is 2.74. The van der Waals surface area contributed by atoms with E-state index in [1.54, 1.807) is 13.0 Å². The predicted molar refractivity (Wildman–Crippen MR) is 109 cm³/mol. The van der Waals surface area contributed by atoms with E-state index in [2.05, 4.69) is 6.92 Å². The molecule has 2 rings (SSSR count). The van der Waals surface area contributed by atoms with E-state index < -0.39 is 0 Å². The van der Waals surface area contributed by atoms with Gasteiger partial charge >= 0.3 is 5.97 Å². The zero-order valence-corrected chi connectivity index (χ0v) is 17.6. The van der Waals surface area contributed by atoms with E-state index in [1.165, 1.54) is 10.6 Å². The Kier molecular flexibility index (Phi) is 8.27. The van der Waals surface area contributed by atoms with Crippen LogP contribution in [-0.4, -0.2) is 23.8 Å². The molecule has 5 nitrogen and oxygen atoms in total. The van der Waals surface area contributed by atoms with Gasteiger partial charge in [0.25, 0.3) is 5.56 Å². The van der Waals surface area contributed by atoms with Crippen LogP contribution in [-0.2, 0) is 22.0 Å². The van der Waals surface area contributed by atoms with Crippen molar-refractivity contribution < 1.29 is 14.3 Å². The maximum atomic E-state index is 13.0. The molecule has 0 saturated carbocycles. The number of pyridine rings is 1. The molecule has 8 heteroatoms. The lowest BCUT2D eigenvalue weighted by Crippen LogP contribution is -2.26. The van der Waals surface area contributed by atoms with Crippen LogP contribution in [0, 0.1) is 0 Å². The SMILES string of the molecule is CCCCOc1c(CCl)n(CCC(=O)OCC)c(=O)c2cc(Cl)c(Cl)cc12. The number of benzene rings is 1. The second-order valence-corrected chi connectivity index (χ2v) is 7.02.